The molecule has 0 aliphatic carbocycles. The lowest BCUT2D eigenvalue weighted by Gasteiger charge is -1.90. The zero-order valence-corrected chi connectivity index (χ0v) is 9.11. The maximum Gasteiger partial charge on any atom is 0.337 e. The van der Waals surface area contributed by atoms with Crippen LogP contribution in [0.3, 0.4) is 0 Å². The summed E-state index contributed by atoms with van der Waals surface area (Å²) in [6.07, 6.45) is 3.84. The molecular formula is C7H8O2S3. The Balaban J connectivity index is 3.08. The number of hydrogen-bond donors (Lipinski definition) is 1. The lowest BCUT2D eigenvalue weighted by molar-refractivity contribution is 0.0694. The summed E-state index contributed by atoms with van der Waals surface area (Å²) in [5.41, 5.74) is 0.428. The topological polar surface area (TPSA) is 37.3 Å². The van der Waals surface area contributed by atoms with Gasteiger partial charge in [0.2, 0.25) is 0 Å². The molecule has 1 aromatic rings. The van der Waals surface area contributed by atoms with E-state index in [-0.39, 0.29) is 0 Å². The number of thioether (sulfide) groups is 2. The van der Waals surface area contributed by atoms with Crippen LogP contribution in [0.5, 0.6) is 0 Å². The monoisotopic (exact) mass is 220 g/mol. The third-order valence-corrected chi connectivity index (χ3v) is 4.63. The summed E-state index contributed by atoms with van der Waals surface area (Å²) in [6.45, 7) is 0. The van der Waals surface area contributed by atoms with Crippen molar-refractivity contribution in [3.8, 4) is 0 Å². The van der Waals surface area contributed by atoms with Crippen molar-refractivity contribution in [2.24, 2.45) is 0 Å². The van der Waals surface area contributed by atoms with Gasteiger partial charge < -0.3 is 5.11 Å². The molecule has 0 unspecified atom stereocenters. The van der Waals surface area contributed by atoms with E-state index in [1.807, 2.05) is 12.5 Å². The van der Waals surface area contributed by atoms with Crippen LogP contribution in [0.25, 0.3) is 0 Å². The Morgan fingerprint density at radius 1 is 1.50 bits per heavy atom. The number of thiophene rings is 1. The number of carbonyl (C=O) groups is 1. The van der Waals surface area contributed by atoms with Crippen molar-refractivity contribution in [3.05, 3.63) is 11.6 Å². The standard InChI is InChI=1S/C7H8O2S3/c1-10-5-3-4(6(8)9)7(11-2)12-5/h3H,1-2H3,(H,8,9). The van der Waals surface area contributed by atoms with Gasteiger partial charge in [-0.3, -0.25) is 0 Å². The van der Waals surface area contributed by atoms with Crippen molar-refractivity contribution >= 4 is 40.8 Å². The molecule has 66 valence electrons. The largest absolute Gasteiger partial charge is 0.478 e. The summed E-state index contributed by atoms with van der Waals surface area (Å²) in [5, 5.41) is 8.79. The molecule has 2 nitrogen and oxygen atoms in total. The molecule has 12 heavy (non-hydrogen) atoms. The van der Waals surface area contributed by atoms with Gasteiger partial charge in [-0.15, -0.1) is 34.9 Å². The molecular weight excluding hydrogens is 212 g/mol. The predicted octanol–water partition coefficient (Wildman–Crippen LogP) is 2.89. The van der Waals surface area contributed by atoms with E-state index in [1.165, 1.54) is 23.1 Å². The van der Waals surface area contributed by atoms with Crippen LogP contribution in [0, 0.1) is 0 Å². The van der Waals surface area contributed by atoms with Crippen LogP contribution in [0.15, 0.2) is 14.5 Å². The van der Waals surface area contributed by atoms with Crippen molar-refractivity contribution in [2.75, 3.05) is 12.5 Å². The zero-order chi connectivity index (χ0) is 9.14. The fraction of sp³-hybridized carbons (Fsp3) is 0.286. The highest BCUT2D eigenvalue weighted by Gasteiger charge is 2.13. The molecule has 0 aliphatic rings. The third kappa shape index (κ3) is 1.97. The van der Waals surface area contributed by atoms with Crippen LogP contribution in [0.4, 0.5) is 0 Å². The molecule has 0 bridgehead atoms. The molecule has 1 N–H and O–H groups in total. The predicted molar refractivity (Wildman–Crippen MR) is 54.8 cm³/mol. The molecule has 0 saturated carbocycles. The minimum Gasteiger partial charge on any atom is -0.478 e. The fourth-order valence-corrected chi connectivity index (χ4v) is 3.32. The molecule has 1 aromatic heterocycles. The van der Waals surface area contributed by atoms with E-state index < -0.39 is 5.97 Å². The lowest BCUT2D eigenvalue weighted by Crippen LogP contribution is -1.94. The Morgan fingerprint density at radius 3 is 2.50 bits per heavy atom. The summed E-state index contributed by atoms with van der Waals surface area (Å²) in [5.74, 6) is -0.837. The Labute approximate surface area is 83.4 Å². The molecule has 0 spiro atoms. The molecule has 0 fully saturated rings. The van der Waals surface area contributed by atoms with Crippen LogP contribution < -0.4 is 0 Å². The van der Waals surface area contributed by atoms with Crippen molar-refractivity contribution in [2.45, 2.75) is 8.42 Å². The number of carboxylic acids is 1. The van der Waals surface area contributed by atoms with E-state index in [4.69, 9.17) is 5.11 Å². The van der Waals surface area contributed by atoms with Crippen LogP contribution in [-0.4, -0.2) is 23.6 Å². The first-order valence-corrected chi connectivity index (χ1v) is 6.40. The molecule has 0 aromatic carbocycles. The fourth-order valence-electron chi connectivity index (χ4n) is 0.754. The summed E-state index contributed by atoms with van der Waals surface area (Å²) in [4.78, 5) is 10.7. The quantitative estimate of drug-likeness (QED) is 0.795. The van der Waals surface area contributed by atoms with Crippen LogP contribution in [-0.2, 0) is 0 Å². The average Bonchev–Trinajstić information content (AvgIpc) is 2.47. The van der Waals surface area contributed by atoms with Gasteiger partial charge >= 0.3 is 5.97 Å². The molecule has 1 rings (SSSR count). The first-order chi connectivity index (χ1) is 5.69. The summed E-state index contributed by atoms with van der Waals surface area (Å²) < 4.78 is 1.93. The normalized spacial score (nSPS) is 10.2. The molecule has 0 radical (unpaired) electrons. The van der Waals surface area contributed by atoms with E-state index in [1.54, 1.807) is 17.8 Å². The Kier molecular flexibility index (Phi) is 3.49. The second kappa shape index (κ2) is 4.20. The van der Waals surface area contributed by atoms with Gasteiger partial charge in [0.05, 0.1) is 14.0 Å². The second-order valence-electron chi connectivity index (χ2n) is 1.98. The van der Waals surface area contributed by atoms with E-state index in [2.05, 4.69) is 0 Å². The van der Waals surface area contributed by atoms with E-state index in [9.17, 15) is 4.79 Å². The Hall–Kier alpha value is -0.130. The highest BCUT2D eigenvalue weighted by Crippen LogP contribution is 2.35. The maximum absolute atomic E-state index is 10.7. The smallest absolute Gasteiger partial charge is 0.337 e. The molecule has 1 heterocycles. The minimum atomic E-state index is -0.837. The van der Waals surface area contributed by atoms with Gasteiger partial charge in [-0.2, -0.15) is 0 Å². The molecule has 0 amide bonds. The van der Waals surface area contributed by atoms with Crippen LogP contribution >= 0.6 is 34.9 Å². The first kappa shape index (κ1) is 9.95. The highest BCUT2D eigenvalue weighted by atomic mass is 32.2. The van der Waals surface area contributed by atoms with E-state index >= 15 is 0 Å². The Bertz CT molecular complexity index is 293. The van der Waals surface area contributed by atoms with Gasteiger partial charge in [-0.05, 0) is 18.6 Å². The van der Waals surface area contributed by atoms with Gasteiger partial charge in [0, 0.05) is 0 Å². The second-order valence-corrected chi connectivity index (χ2v) is 5.21. The Morgan fingerprint density at radius 2 is 2.17 bits per heavy atom. The molecule has 0 atom stereocenters. The van der Waals surface area contributed by atoms with Gasteiger partial charge in [0.1, 0.15) is 0 Å². The van der Waals surface area contributed by atoms with Gasteiger partial charge in [-0.1, -0.05) is 0 Å². The summed E-state index contributed by atoms with van der Waals surface area (Å²) in [7, 11) is 0. The highest BCUT2D eigenvalue weighted by molar-refractivity contribution is 8.02. The van der Waals surface area contributed by atoms with Crippen LogP contribution in [0.2, 0.25) is 0 Å². The van der Waals surface area contributed by atoms with Crippen molar-refractivity contribution < 1.29 is 9.90 Å². The molecule has 0 aliphatic heterocycles. The molecule has 0 saturated heterocycles. The number of carboxylic acid groups (broad SMARTS) is 1. The summed E-state index contributed by atoms with van der Waals surface area (Å²) >= 11 is 4.60. The third-order valence-electron chi connectivity index (χ3n) is 1.29. The van der Waals surface area contributed by atoms with Gasteiger partial charge in [0.25, 0.3) is 0 Å². The zero-order valence-electron chi connectivity index (χ0n) is 6.66. The van der Waals surface area contributed by atoms with Crippen molar-refractivity contribution in [3.63, 3.8) is 0 Å². The molecule has 5 heteroatoms. The van der Waals surface area contributed by atoms with Gasteiger partial charge in [0.15, 0.2) is 0 Å². The minimum absolute atomic E-state index is 0.428. The van der Waals surface area contributed by atoms with Crippen molar-refractivity contribution in [1.82, 2.24) is 0 Å². The van der Waals surface area contributed by atoms with E-state index in [0.29, 0.717) is 5.56 Å². The maximum atomic E-state index is 10.7. The van der Waals surface area contributed by atoms with Crippen LogP contribution in [0.1, 0.15) is 10.4 Å². The van der Waals surface area contributed by atoms with E-state index in [0.717, 1.165) is 8.42 Å². The first-order valence-electron chi connectivity index (χ1n) is 3.14. The average molecular weight is 220 g/mol. The van der Waals surface area contributed by atoms with Gasteiger partial charge in [-0.25, -0.2) is 4.79 Å². The number of hydrogen-bond acceptors (Lipinski definition) is 4. The number of aromatic carboxylic acids is 1. The lowest BCUT2D eigenvalue weighted by atomic mass is 10.3. The number of rotatable bonds is 3. The summed E-state index contributed by atoms with van der Waals surface area (Å²) in [6, 6.07) is 1.73. The SMILES string of the molecule is CSc1cc(C(=O)O)c(SC)s1. The van der Waals surface area contributed by atoms with Crippen molar-refractivity contribution in [1.29, 1.82) is 0 Å².